The lowest BCUT2D eigenvalue weighted by Crippen LogP contribution is -2.49. The van der Waals surface area contributed by atoms with Gasteiger partial charge in [-0.1, -0.05) is 5.16 Å². The maximum atomic E-state index is 5.48. The third-order valence-corrected chi connectivity index (χ3v) is 4.70. The van der Waals surface area contributed by atoms with Crippen molar-refractivity contribution in [3.63, 3.8) is 0 Å². The molecule has 2 N–H and O–H groups in total. The highest BCUT2D eigenvalue weighted by molar-refractivity contribution is 5.80. The van der Waals surface area contributed by atoms with E-state index in [1.165, 1.54) is 13.0 Å². The van der Waals surface area contributed by atoms with Gasteiger partial charge in [-0.2, -0.15) is 0 Å². The van der Waals surface area contributed by atoms with Crippen LogP contribution in [-0.2, 0) is 11.3 Å². The van der Waals surface area contributed by atoms with Crippen LogP contribution in [0.1, 0.15) is 31.9 Å². The topological polar surface area (TPSA) is 74.9 Å². The van der Waals surface area contributed by atoms with Crippen LogP contribution in [0.5, 0.6) is 0 Å². The second-order valence-corrected chi connectivity index (χ2v) is 6.63. The van der Waals surface area contributed by atoms with Crippen LogP contribution in [0.3, 0.4) is 0 Å². The van der Waals surface area contributed by atoms with Gasteiger partial charge in [0.2, 0.25) is 0 Å². The van der Waals surface area contributed by atoms with Crippen molar-refractivity contribution >= 4 is 5.96 Å². The van der Waals surface area contributed by atoms with Gasteiger partial charge in [0.15, 0.2) is 5.96 Å². The quantitative estimate of drug-likeness (QED) is 0.602. The molecule has 3 heterocycles. The van der Waals surface area contributed by atoms with Gasteiger partial charge in [0.05, 0.1) is 13.2 Å². The van der Waals surface area contributed by atoms with Crippen molar-refractivity contribution in [3.8, 4) is 0 Å². The SMILES string of the molecule is CCNC(=NCc1ccon1)NC1CCN(CC2CCOC2)CC1. The molecule has 1 unspecified atom stereocenters. The summed E-state index contributed by atoms with van der Waals surface area (Å²) in [5.74, 6) is 1.60. The lowest BCUT2D eigenvalue weighted by Gasteiger charge is -2.34. The largest absolute Gasteiger partial charge is 0.381 e. The Kier molecular flexibility index (Phi) is 6.48. The number of hydrogen-bond donors (Lipinski definition) is 2. The number of hydrogen-bond acceptors (Lipinski definition) is 5. The first-order valence-corrected chi connectivity index (χ1v) is 9.07. The Labute approximate surface area is 143 Å². The van der Waals surface area contributed by atoms with Crippen LogP contribution < -0.4 is 10.6 Å². The molecule has 2 fully saturated rings. The molecule has 0 spiro atoms. The Hall–Kier alpha value is -1.60. The Bertz CT molecular complexity index is 491. The molecule has 7 heteroatoms. The molecule has 0 bridgehead atoms. The van der Waals surface area contributed by atoms with E-state index in [9.17, 15) is 0 Å². The Morgan fingerprint density at radius 2 is 2.25 bits per heavy atom. The molecule has 2 aliphatic rings. The fourth-order valence-corrected chi connectivity index (χ4v) is 3.34. The number of aromatic nitrogens is 1. The van der Waals surface area contributed by atoms with Crippen LogP contribution in [-0.4, -0.2) is 61.5 Å². The minimum absolute atomic E-state index is 0.483. The predicted octanol–water partition coefficient (Wildman–Crippen LogP) is 1.23. The van der Waals surface area contributed by atoms with E-state index in [0.29, 0.717) is 12.6 Å². The molecule has 0 amide bonds. The minimum atomic E-state index is 0.483. The summed E-state index contributed by atoms with van der Waals surface area (Å²) >= 11 is 0. The third kappa shape index (κ3) is 5.21. The van der Waals surface area contributed by atoms with Crippen molar-refractivity contribution in [1.29, 1.82) is 0 Å². The molecule has 134 valence electrons. The monoisotopic (exact) mass is 335 g/mol. The number of guanidine groups is 1. The zero-order valence-corrected chi connectivity index (χ0v) is 14.5. The molecule has 2 aliphatic heterocycles. The average Bonchev–Trinajstić information content (AvgIpc) is 3.28. The highest BCUT2D eigenvalue weighted by Gasteiger charge is 2.24. The van der Waals surface area contributed by atoms with Crippen molar-refractivity contribution in [2.75, 3.05) is 39.4 Å². The number of nitrogens with zero attached hydrogens (tertiary/aromatic N) is 3. The molecule has 7 nitrogen and oxygen atoms in total. The summed E-state index contributed by atoms with van der Waals surface area (Å²) < 4.78 is 10.3. The van der Waals surface area contributed by atoms with Crippen LogP contribution in [0.15, 0.2) is 21.8 Å². The molecule has 0 aliphatic carbocycles. The number of ether oxygens (including phenoxy) is 1. The van der Waals surface area contributed by atoms with E-state index in [-0.39, 0.29) is 0 Å². The van der Waals surface area contributed by atoms with Gasteiger partial charge in [-0.05, 0) is 32.1 Å². The highest BCUT2D eigenvalue weighted by atomic mass is 16.5. The molecule has 24 heavy (non-hydrogen) atoms. The molecule has 0 saturated carbocycles. The molecule has 3 rings (SSSR count). The number of rotatable bonds is 6. The molecule has 1 aromatic heterocycles. The molecule has 1 atom stereocenters. The van der Waals surface area contributed by atoms with Crippen LogP contribution in [0.4, 0.5) is 0 Å². The van der Waals surface area contributed by atoms with Crippen LogP contribution in [0.25, 0.3) is 0 Å². The Morgan fingerprint density at radius 1 is 1.38 bits per heavy atom. The van der Waals surface area contributed by atoms with Gasteiger partial charge in [0, 0.05) is 44.9 Å². The van der Waals surface area contributed by atoms with Gasteiger partial charge in [0.1, 0.15) is 12.0 Å². The average molecular weight is 335 g/mol. The summed E-state index contributed by atoms with van der Waals surface area (Å²) in [6.45, 7) is 8.84. The van der Waals surface area contributed by atoms with E-state index in [4.69, 9.17) is 9.26 Å². The summed E-state index contributed by atoms with van der Waals surface area (Å²) in [7, 11) is 0. The molecular formula is C17H29N5O2. The normalized spacial score (nSPS) is 23.5. The first-order chi connectivity index (χ1) is 11.8. The lowest BCUT2D eigenvalue weighted by atomic mass is 10.0. The van der Waals surface area contributed by atoms with Gasteiger partial charge >= 0.3 is 0 Å². The maximum Gasteiger partial charge on any atom is 0.191 e. The van der Waals surface area contributed by atoms with Crippen molar-refractivity contribution in [2.45, 2.75) is 38.8 Å². The number of likely N-dealkylation sites (tertiary alicyclic amines) is 1. The van der Waals surface area contributed by atoms with Crippen molar-refractivity contribution in [2.24, 2.45) is 10.9 Å². The standard InChI is InChI=1S/C17H29N5O2/c1-2-18-17(19-11-16-6-10-24-21-16)20-15-3-7-22(8-4-15)12-14-5-9-23-13-14/h6,10,14-15H,2-5,7-9,11-13H2,1H3,(H2,18,19,20). The van der Waals surface area contributed by atoms with E-state index in [1.54, 1.807) is 6.26 Å². The van der Waals surface area contributed by atoms with E-state index >= 15 is 0 Å². The van der Waals surface area contributed by atoms with Gasteiger partial charge in [0.25, 0.3) is 0 Å². The van der Waals surface area contributed by atoms with Crippen LogP contribution >= 0.6 is 0 Å². The lowest BCUT2D eigenvalue weighted by molar-refractivity contribution is 0.150. The Morgan fingerprint density at radius 3 is 2.92 bits per heavy atom. The summed E-state index contributed by atoms with van der Waals surface area (Å²) in [5, 5.41) is 10.8. The molecule has 0 radical (unpaired) electrons. The van der Waals surface area contributed by atoms with E-state index in [2.05, 4.69) is 32.6 Å². The molecule has 2 saturated heterocycles. The van der Waals surface area contributed by atoms with Crippen molar-refractivity contribution < 1.29 is 9.26 Å². The zero-order chi connectivity index (χ0) is 16.6. The number of aliphatic imine (C=N–C) groups is 1. The van der Waals surface area contributed by atoms with Crippen molar-refractivity contribution in [3.05, 3.63) is 18.0 Å². The van der Waals surface area contributed by atoms with Gasteiger partial charge in [-0.25, -0.2) is 4.99 Å². The highest BCUT2D eigenvalue weighted by Crippen LogP contribution is 2.17. The second kappa shape index (κ2) is 9.03. The van der Waals surface area contributed by atoms with E-state index in [0.717, 1.165) is 63.3 Å². The second-order valence-electron chi connectivity index (χ2n) is 6.63. The summed E-state index contributed by atoms with van der Waals surface area (Å²) in [6.07, 6.45) is 5.11. The van der Waals surface area contributed by atoms with Crippen LogP contribution in [0.2, 0.25) is 0 Å². The predicted molar refractivity (Wildman–Crippen MR) is 92.8 cm³/mol. The number of piperidine rings is 1. The molecule has 0 aromatic carbocycles. The first-order valence-electron chi connectivity index (χ1n) is 9.07. The Balaban J connectivity index is 1.43. The molecular weight excluding hydrogens is 306 g/mol. The fourth-order valence-electron chi connectivity index (χ4n) is 3.34. The van der Waals surface area contributed by atoms with Gasteiger partial charge < -0.3 is 24.8 Å². The van der Waals surface area contributed by atoms with E-state index in [1.807, 2.05) is 6.07 Å². The fraction of sp³-hybridized carbons (Fsp3) is 0.765. The van der Waals surface area contributed by atoms with Crippen LogP contribution in [0, 0.1) is 5.92 Å². The minimum Gasteiger partial charge on any atom is -0.381 e. The first kappa shape index (κ1) is 17.2. The molecule has 1 aromatic rings. The summed E-state index contributed by atoms with van der Waals surface area (Å²) in [5.41, 5.74) is 0.848. The van der Waals surface area contributed by atoms with Crippen molar-refractivity contribution in [1.82, 2.24) is 20.7 Å². The van der Waals surface area contributed by atoms with Gasteiger partial charge in [-0.3, -0.25) is 0 Å². The summed E-state index contributed by atoms with van der Waals surface area (Å²) in [4.78, 5) is 7.17. The van der Waals surface area contributed by atoms with E-state index < -0.39 is 0 Å². The summed E-state index contributed by atoms with van der Waals surface area (Å²) in [6, 6.07) is 2.33. The zero-order valence-electron chi connectivity index (χ0n) is 14.5. The number of nitrogens with one attached hydrogen (secondary N) is 2. The third-order valence-electron chi connectivity index (χ3n) is 4.70. The maximum absolute atomic E-state index is 5.48. The van der Waals surface area contributed by atoms with Gasteiger partial charge in [-0.15, -0.1) is 0 Å². The smallest absolute Gasteiger partial charge is 0.191 e.